The molecular formula is C13H17N7O3S. The average molecular weight is 351 g/mol. The number of fused-ring (bicyclic) bond motifs is 1. The molecule has 0 fully saturated rings. The van der Waals surface area contributed by atoms with Crippen LogP contribution in [0, 0.1) is 0 Å². The maximum atomic E-state index is 9.21. The van der Waals surface area contributed by atoms with E-state index in [0.29, 0.717) is 12.2 Å². The van der Waals surface area contributed by atoms with E-state index in [4.69, 9.17) is 9.84 Å². The van der Waals surface area contributed by atoms with Crippen LogP contribution in [-0.4, -0.2) is 70.5 Å². The molecular weight excluding hydrogens is 334 g/mol. The number of aliphatic hydroxyl groups is 2. The SMILES string of the molecule is CSc1ncnc2c1cnn2Cc1cn(COC[C@@H](O)CO)nn1. The molecule has 1 atom stereocenters. The van der Waals surface area contributed by atoms with Gasteiger partial charge < -0.3 is 14.9 Å². The van der Waals surface area contributed by atoms with E-state index in [-0.39, 0.29) is 19.9 Å². The van der Waals surface area contributed by atoms with Crippen molar-refractivity contribution < 1.29 is 14.9 Å². The molecule has 0 spiro atoms. The predicted molar refractivity (Wildman–Crippen MR) is 85.3 cm³/mol. The molecule has 3 heterocycles. The smallest absolute Gasteiger partial charge is 0.162 e. The van der Waals surface area contributed by atoms with Crippen molar-refractivity contribution in [3.8, 4) is 0 Å². The van der Waals surface area contributed by atoms with Crippen LogP contribution in [0.4, 0.5) is 0 Å². The highest BCUT2D eigenvalue weighted by Gasteiger charge is 2.11. The van der Waals surface area contributed by atoms with Gasteiger partial charge in [0.2, 0.25) is 0 Å². The topological polar surface area (TPSA) is 124 Å². The van der Waals surface area contributed by atoms with E-state index >= 15 is 0 Å². The summed E-state index contributed by atoms with van der Waals surface area (Å²) in [4.78, 5) is 8.49. The number of hydrogen-bond donors (Lipinski definition) is 2. The molecule has 3 aromatic heterocycles. The molecule has 0 radical (unpaired) electrons. The molecule has 0 bridgehead atoms. The summed E-state index contributed by atoms with van der Waals surface area (Å²) >= 11 is 1.54. The number of rotatable bonds is 8. The van der Waals surface area contributed by atoms with Gasteiger partial charge in [0, 0.05) is 0 Å². The van der Waals surface area contributed by atoms with Gasteiger partial charge in [0.1, 0.15) is 29.9 Å². The normalized spacial score (nSPS) is 12.8. The summed E-state index contributed by atoms with van der Waals surface area (Å²) in [6.07, 6.45) is 6.05. The Morgan fingerprint density at radius 3 is 3.04 bits per heavy atom. The van der Waals surface area contributed by atoms with Crippen LogP contribution in [0.25, 0.3) is 11.0 Å². The lowest BCUT2D eigenvalue weighted by Crippen LogP contribution is -2.20. The van der Waals surface area contributed by atoms with Gasteiger partial charge in [0.25, 0.3) is 0 Å². The first-order chi connectivity index (χ1) is 11.7. The Labute approximate surface area is 141 Å². The van der Waals surface area contributed by atoms with E-state index in [1.807, 2.05) is 6.26 Å². The molecule has 0 aliphatic carbocycles. The maximum Gasteiger partial charge on any atom is 0.162 e. The molecule has 0 amide bonds. The molecule has 24 heavy (non-hydrogen) atoms. The highest BCUT2D eigenvalue weighted by molar-refractivity contribution is 7.98. The Morgan fingerprint density at radius 1 is 1.38 bits per heavy atom. The monoisotopic (exact) mass is 351 g/mol. The number of thioether (sulfide) groups is 1. The molecule has 2 N–H and O–H groups in total. The van der Waals surface area contributed by atoms with Crippen molar-refractivity contribution in [2.75, 3.05) is 19.5 Å². The Balaban J connectivity index is 1.67. The van der Waals surface area contributed by atoms with Gasteiger partial charge in [0.15, 0.2) is 5.65 Å². The van der Waals surface area contributed by atoms with Crippen LogP contribution >= 0.6 is 11.8 Å². The predicted octanol–water partition coefficient (Wildman–Crippen LogP) is -0.485. The van der Waals surface area contributed by atoms with Crippen LogP contribution in [0.2, 0.25) is 0 Å². The number of hydrogen-bond acceptors (Lipinski definition) is 9. The number of aromatic nitrogens is 7. The van der Waals surface area contributed by atoms with Crippen molar-refractivity contribution in [1.82, 2.24) is 34.7 Å². The van der Waals surface area contributed by atoms with Gasteiger partial charge in [0.05, 0.1) is 37.5 Å². The van der Waals surface area contributed by atoms with Crippen molar-refractivity contribution in [2.24, 2.45) is 0 Å². The van der Waals surface area contributed by atoms with Gasteiger partial charge >= 0.3 is 0 Å². The molecule has 3 rings (SSSR count). The third kappa shape index (κ3) is 3.70. The van der Waals surface area contributed by atoms with E-state index < -0.39 is 6.10 Å². The van der Waals surface area contributed by atoms with Gasteiger partial charge in [-0.25, -0.2) is 19.3 Å². The molecule has 3 aromatic rings. The first kappa shape index (κ1) is 16.8. The first-order valence-electron chi connectivity index (χ1n) is 7.17. The van der Waals surface area contributed by atoms with E-state index in [0.717, 1.165) is 16.1 Å². The fourth-order valence-electron chi connectivity index (χ4n) is 2.11. The first-order valence-corrected chi connectivity index (χ1v) is 8.40. The molecule has 10 nitrogen and oxygen atoms in total. The number of aliphatic hydroxyl groups excluding tert-OH is 2. The van der Waals surface area contributed by atoms with Crippen molar-refractivity contribution in [1.29, 1.82) is 0 Å². The van der Waals surface area contributed by atoms with Gasteiger partial charge in [-0.2, -0.15) is 5.10 Å². The molecule has 0 saturated heterocycles. The van der Waals surface area contributed by atoms with Crippen LogP contribution in [-0.2, 0) is 18.0 Å². The lowest BCUT2D eigenvalue weighted by Gasteiger charge is -2.07. The third-order valence-corrected chi connectivity index (χ3v) is 3.94. The molecule has 128 valence electrons. The molecule has 0 aliphatic rings. The standard InChI is InChI=1S/C13H17N7O3S/c1-24-13-11-2-16-20(12(11)14-7-15-13)4-9-3-19(18-17-9)8-23-6-10(22)5-21/h2-3,7,10,21-22H,4-6,8H2,1H3/t10-/m0/s1. The van der Waals surface area contributed by atoms with Crippen LogP contribution in [0.1, 0.15) is 5.69 Å². The zero-order valence-electron chi connectivity index (χ0n) is 13.0. The van der Waals surface area contributed by atoms with Gasteiger partial charge in [-0.05, 0) is 6.26 Å². The Bertz CT molecular complexity index is 806. The summed E-state index contributed by atoms with van der Waals surface area (Å²) in [6.45, 7) is 0.259. The molecule has 0 saturated carbocycles. The lowest BCUT2D eigenvalue weighted by molar-refractivity contribution is -0.0209. The van der Waals surface area contributed by atoms with Crippen LogP contribution in [0.3, 0.4) is 0 Å². The Kier molecular flexibility index (Phi) is 5.35. The van der Waals surface area contributed by atoms with E-state index in [9.17, 15) is 5.11 Å². The van der Waals surface area contributed by atoms with Crippen molar-refractivity contribution in [3.05, 3.63) is 24.4 Å². The summed E-state index contributed by atoms with van der Waals surface area (Å²) in [7, 11) is 0. The second-order valence-electron chi connectivity index (χ2n) is 5.01. The summed E-state index contributed by atoms with van der Waals surface area (Å²) in [6, 6.07) is 0. The van der Waals surface area contributed by atoms with E-state index in [1.165, 1.54) is 11.0 Å². The number of nitrogens with zero attached hydrogens (tertiary/aromatic N) is 7. The highest BCUT2D eigenvalue weighted by atomic mass is 32.2. The lowest BCUT2D eigenvalue weighted by atomic mass is 10.4. The third-order valence-electron chi connectivity index (χ3n) is 3.23. The molecule has 11 heteroatoms. The van der Waals surface area contributed by atoms with Crippen molar-refractivity contribution >= 4 is 22.8 Å². The summed E-state index contributed by atoms with van der Waals surface area (Å²) in [5, 5.41) is 32.1. The van der Waals surface area contributed by atoms with Crippen molar-refractivity contribution in [2.45, 2.75) is 24.4 Å². The highest BCUT2D eigenvalue weighted by Crippen LogP contribution is 2.22. The minimum Gasteiger partial charge on any atom is -0.394 e. The average Bonchev–Trinajstić information content (AvgIpc) is 3.22. The van der Waals surface area contributed by atoms with Crippen LogP contribution in [0.5, 0.6) is 0 Å². The molecule has 0 unspecified atom stereocenters. The van der Waals surface area contributed by atoms with Gasteiger partial charge in [-0.15, -0.1) is 16.9 Å². The largest absolute Gasteiger partial charge is 0.394 e. The summed E-state index contributed by atoms with van der Waals surface area (Å²) < 4.78 is 8.47. The molecule has 0 aliphatic heterocycles. The molecule has 0 aromatic carbocycles. The maximum absolute atomic E-state index is 9.21. The minimum absolute atomic E-state index is 0.0316. The van der Waals surface area contributed by atoms with Gasteiger partial charge in [-0.3, -0.25) is 0 Å². The summed E-state index contributed by atoms with van der Waals surface area (Å²) in [5.74, 6) is 0. The van der Waals surface area contributed by atoms with Crippen molar-refractivity contribution in [3.63, 3.8) is 0 Å². The van der Waals surface area contributed by atoms with E-state index in [2.05, 4.69) is 25.4 Å². The second-order valence-corrected chi connectivity index (χ2v) is 5.80. The zero-order chi connectivity index (χ0) is 16.9. The van der Waals surface area contributed by atoms with Gasteiger partial charge in [-0.1, -0.05) is 5.21 Å². The number of ether oxygens (including phenoxy) is 1. The fraction of sp³-hybridized carbons (Fsp3) is 0.462. The van der Waals surface area contributed by atoms with Crippen LogP contribution in [0.15, 0.2) is 23.7 Å². The Hall–Kier alpha value is -2.08. The summed E-state index contributed by atoms with van der Waals surface area (Å²) in [5.41, 5.74) is 1.45. The second kappa shape index (κ2) is 7.66. The fourth-order valence-corrected chi connectivity index (χ4v) is 2.63. The Morgan fingerprint density at radius 2 is 2.25 bits per heavy atom. The quantitative estimate of drug-likeness (QED) is 0.409. The zero-order valence-corrected chi connectivity index (χ0v) is 13.8. The van der Waals surface area contributed by atoms with E-state index in [1.54, 1.807) is 28.8 Å². The van der Waals surface area contributed by atoms with Crippen LogP contribution < -0.4 is 0 Å². The minimum atomic E-state index is -0.895.